The van der Waals surface area contributed by atoms with Crippen molar-refractivity contribution < 1.29 is 19.1 Å². The minimum atomic E-state index is -0.946. The number of hydrogen-bond donors (Lipinski definition) is 1. The normalized spacial score (nSPS) is 11.4. The summed E-state index contributed by atoms with van der Waals surface area (Å²) in [5.41, 5.74) is 1.10. The molecule has 0 heterocycles. The number of rotatable bonds is 7. The summed E-state index contributed by atoms with van der Waals surface area (Å²) < 4.78 is 5.07. The lowest BCUT2D eigenvalue weighted by atomic mass is 10.1. The van der Waals surface area contributed by atoms with Gasteiger partial charge >= 0.3 is 5.97 Å². The zero-order valence-electron chi connectivity index (χ0n) is 13.7. The number of carbonyl (C=O) groups excluding carboxylic acids is 3. The number of ether oxygens (including phenoxy) is 1. The molecule has 1 unspecified atom stereocenters. The van der Waals surface area contributed by atoms with Gasteiger partial charge in [0.2, 0.25) is 0 Å². The Morgan fingerprint density at radius 2 is 1.64 bits per heavy atom. The number of Topliss-reactive ketones (excluding diaryl/α,β-unsaturated/α-hetero) is 1. The van der Waals surface area contributed by atoms with Crippen LogP contribution in [0.25, 0.3) is 0 Å². The number of ketones is 1. The van der Waals surface area contributed by atoms with Crippen LogP contribution in [0.15, 0.2) is 54.6 Å². The van der Waals surface area contributed by atoms with E-state index in [1.54, 1.807) is 48.5 Å². The van der Waals surface area contributed by atoms with E-state index in [2.05, 4.69) is 5.32 Å². The third-order valence-electron chi connectivity index (χ3n) is 3.44. The Labute approximate surface area is 150 Å². The molecule has 0 saturated carbocycles. The molecule has 2 aromatic carbocycles. The van der Waals surface area contributed by atoms with Gasteiger partial charge in [-0.1, -0.05) is 29.8 Å². The van der Waals surface area contributed by atoms with Gasteiger partial charge in [-0.2, -0.15) is 0 Å². The summed E-state index contributed by atoms with van der Waals surface area (Å²) in [6.45, 7) is 1.48. The van der Waals surface area contributed by atoms with E-state index in [-0.39, 0.29) is 18.6 Å². The molecule has 25 heavy (non-hydrogen) atoms. The van der Waals surface area contributed by atoms with Gasteiger partial charge in [0.15, 0.2) is 11.9 Å². The lowest BCUT2D eigenvalue weighted by Crippen LogP contribution is -2.30. The first-order valence-corrected chi connectivity index (χ1v) is 8.17. The van der Waals surface area contributed by atoms with Gasteiger partial charge in [-0.05, 0) is 43.3 Å². The molecule has 0 spiro atoms. The number of esters is 1. The summed E-state index contributed by atoms with van der Waals surface area (Å²) in [7, 11) is 0. The molecule has 5 nitrogen and oxygen atoms in total. The second-order valence-corrected chi connectivity index (χ2v) is 5.85. The Morgan fingerprint density at radius 1 is 1.00 bits per heavy atom. The second kappa shape index (κ2) is 8.99. The van der Waals surface area contributed by atoms with Gasteiger partial charge in [-0.25, -0.2) is 0 Å². The molecule has 1 atom stereocenters. The molecular weight excluding hydrogens is 342 g/mol. The van der Waals surface area contributed by atoms with E-state index in [0.29, 0.717) is 16.3 Å². The van der Waals surface area contributed by atoms with E-state index in [1.165, 1.54) is 6.92 Å². The predicted octanol–water partition coefficient (Wildman–Crippen LogP) is 3.87. The van der Waals surface area contributed by atoms with Crippen molar-refractivity contribution >= 4 is 34.9 Å². The van der Waals surface area contributed by atoms with Crippen molar-refractivity contribution in [1.29, 1.82) is 0 Å². The van der Waals surface area contributed by atoms with E-state index >= 15 is 0 Å². The van der Waals surface area contributed by atoms with Crippen LogP contribution in [0.2, 0.25) is 5.02 Å². The topological polar surface area (TPSA) is 72.5 Å². The van der Waals surface area contributed by atoms with Gasteiger partial charge in [0.25, 0.3) is 5.91 Å². The van der Waals surface area contributed by atoms with Crippen LogP contribution in [0, 0.1) is 0 Å². The molecule has 6 heteroatoms. The molecule has 1 amide bonds. The number of amides is 1. The molecule has 0 radical (unpaired) electrons. The largest absolute Gasteiger partial charge is 0.453 e. The van der Waals surface area contributed by atoms with E-state index in [1.807, 2.05) is 6.07 Å². The second-order valence-electron chi connectivity index (χ2n) is 5.42. The van der Waals surface area contributed by atoms with Crippen molar-refractivity contribution in [1.82, 2.24) is 0 Å². The lowest BCUT2D eigenvalue weighted by molar-refractivity contribution is -0.153. The van der Waals surface area contributed by atoms with E-state index in [9.17, 15) is 14.4 Å². The van der Waals surface area contributed by atoms with Crippen molar-refractivity contribution in [3.05, 3.63) is 65.2 Å². The highest BCUT2D eigenvalue weighted by Crippen LogP contribution is 2.12. The Balaban J connectivity index is 1.78. The van der Waals surface area contributed by atoms with Crippen LogP contribution < -0.4 is 5.32 Å². The number of hydrogen-bond acceptors (Lipinski definition) is 4. The van der Waals surface area contributed by atoms with Crippen LogP contribution in [0.1, 0.15) is 30.1 Å². The fraction of sp³-hybridized carbons (Fsp3) is 0.211. The summed E-state index contributed by atoms with van der Waals surface area (Å²) in [4.78, 5) is 35.8. The summed E-state index contributed by atoms with van der Waals surface area (Å²) in [6, 6.07) is 15.3. The number of carbonyl (C=O) groups is 3. The molecule has 2 aromatic rings. The van der Waals surface area contributed by atoms with Crippen molar-refractivity contribution in [2.24, 2.45) is 0 Å². The predicted molar refractivity (Wildman–Crippen MR) is 95.6 cm³/mol. The summed E-state index contributed by atoms with van der Waals surface area (Å²) in [5.74, 6) is -1.21. The molecule has 0 aliphatic carbocycles. The monoisotopic (exact) mass is 359 g/mol. The first kappa shape index (κ1) is 18.7. The summed E-state index contributed by atoms with van der Waals surface area (Å²) >= 11 is 5.77. The van der Waals surface area contributed by atoms with E-state index in [4.69, 9.17) is 16.3 Å². The summed E-state index contributed by atoms with van der Waals surface area (Å²) in [5, 5.41) is 3.18. The van der Waals surface area contributed by atoms with Gasteiger partial charge in [-0.3, -0.25) is 14.4 Å². The minimum Gasteiger partial charge on any atom is -0.453 e. The highest BCUT2D eigenvalue weighted by atomic mass is 35.5. The Kier molecular flexibility index (Phi) is 6.71. The first-order valence-electron chi connectivity index (χ1n) is 7.80. The van der Waals surface area contributed by atoms with Gasteiger partial charge in [0.1, 0.15) is 0 Å². The molecule has 1 N–H and O–H groups in total. The first-order chi connectivity index (χ1) is 12.0. The van der Waals surface area contributed by atoms with Crippen LogP contribution >= 0.6 is 11.6 Å². The zero-order valence-corrected chi connectivity index (χ0v) is 14.5. The van der Waals surface area contributed by atoms with E-state index in [0.717, 1.165) is 0 Å². The highest BCUT2D eigenvalue weighted by Gasteiger charge is 2.18. The van der Waals surface area contributed by atoms with Gasteiger partial charge in [-0.15, -0.1) is 0 Å². The fourth-order valence-electron chi connectivity index (χ4n) is 2.07. The molecule has 0 aliphatic heterocycles. The van der Waals surface area contributed by atoms with Crippen LogP contribution in [0.4, 0.5) is 5.69 Å². The molecule has 0 fully saturated rings. The van der Waals surface area contributed by atoms with Crippen molar-refractivity contribution in [2.45, 2.75) is 25.9 Å². The number of halogens is 1. The van der Waals surface area contributed by atoms with Gasteiger partial charge in [0.05, 0.1) is 6.42 Å². The maximum absolute atomic E-state index is 12.0. The Bertz CT molecular complexity index is 744. The smallest absolute Gasteiger partial charge is 0.307 e. The van der Waals surface area contributed by atoms with Gasteiger partial charge < -0.3 is 10.1 Å². The van der Waals surface area contributed by atoms with Crippen molar-refractivity contribution in [2.75, 3.05) is 5.32 Å². The quantitative estimate of drug-likeness (QED) is 0.601. The van der Waals surface area contributed by atoms with Gasteiger partial charge in [0, 0.05) is 22.7 Å². The molecule has 0 bridgehead atoms. The van der Waals surface area contributed by atoms with E-state index < -0.39 is 18.0 Å². The number of benzene rings is 2. The molecule has 0 aromatic heterocycles. The third-order valence-corrected chi connectivity index (χ3v) is 3.69. The maximum atomic E-state index is 12.0. The van der Waals surface area contributed by atoms with Crippen LogP contribution in [-0.2, 0) is 14.3 Å². The Morgan fingerprint density at radius 3 is 2.28 bits per heavy atom. The Hall–Kier alpha value is -2.66. The van der Waals surface area contributed by atoms with Crippen molar-refractivity contribution in [3.63, 3.8) is 0 Å². The standard InChI is InChI=1S/C19H18ClNO4/c1-13(19(24)21-16-5-3-2-4-6-16)25-18(23)12-11-17(22)14-7-9-15(20)10-8-14/h2-10,13H,11-12H2,1H3,(H,21,24). The zero-order chi connectivity index (χ0) is 18.2. The molecule has 130 valence electrons. The minimum absolute atomic E-state index is 0.00743. The highest BCUT2D eigenvalue weighted by molar-refractivity contribution is 6.30. The number of para-hydroxylation sites is 1. The average Bonchev–Trinajstić information content (AvgIpc) is 2.61. The average molecular weight is 360 g/mol. The van der Waals surface area contributed by atoms with Crippen LogP contribution in [-0.4, -0.2) is 23.8 Å². The van der Waals surface area contributed by atoms with Crippen LogP contribution in [0.5, 0.6) is 0 Å². The SMILES string of the molecule is CC(OC(=O)CCC(=O)c1ccc(Cl)cc1)C(=O)Nc1ccccc1. The summed E-state index contributed by atoms with van der Waals surface area (Å²) in [6.07, 6.45) is -1.03. The molecular formula is C19H18ClNO4. The fourth-order valence-corrected chi connectivity index (χ4v) is 2.20. The molecule has 0 saturated heterocycles. The molecule has 0 aliphatic rings. The third kappa shape index (κ3) is 6.04. The maximum Gasteiger partial charge on any atom is 0.307 e. The van der Waals surface area contributed by atoms with Crippen LogP contribution in [0.3, 0.4) is 0 Å². The lowest BCUT2D eigenvalue weighted by Gasteiger charge is -2.13. The molecule has 2 rings (SSSR count). The van der Waals surface area contributed by atoms with Crippen molar-refractivity contribution in [3.8, 4) is 0 Å². The number of anilines is 1. The number of nitrogens with one attached hydrogen (secondary N) is 1.